The lowest BCUT2D eigenvalue weighted by Crippen LogP contribution is -2.77. The number of fused-ring (bicyclic) bond motifs is 8. The summed E-state index contributed by atoms with van der Waals surface area (Å²) in [5.41, 5.74) is 1.43. The molecule has 2 aliphatic heterocycles. The first-order valence-electron chi connectivity index (χ1n) is 18.2. The van der Waals surface area contributed by atoms with Crippen molar-refractivity contribution < 1.29 is 64.0 Å². The van der Waals surface area contributed by atoms with Crippen LogP contribution in [0.15, 0.2) is 5.11 Å². The summed E-state index contributed by atoms with van der Waals surface area (Å²) in [6, 6.07) is -1.16. The SMILES string of the molecule is CC(=O)O[C@H]1[C@H]2[C@@H]([C@@H](O)[C@@H](NC(=O)CCCN=[N+]=[N-])C3C[C@H](O)C[C@H](O)[C@@]32C)[C@@H]2[C@@H](O)[C@@H]3C([C@H](C)[C@H]4O[C@]45OC(=O)[C@@](C)(O)[C@]35C)[C@@]2(C(C)=O)[C@H]1O. The van der Waals surface area contributed by atoms with Crippen LogP contribution in [0, 0.1) is 57.7 Å². The normalized spacial score (nSPS) is 55.2. The number of hydrogen-bond acceptors (Lipinski definition) is 14. The van der Waals surface area contributed by atoms with Gasteiger partial charge in [-0.15, -0.1) is 0 Å². The molecule has 1 spiro atoms. The fourth-order valence-electron chi connectivity index (χ4n) is 13.2. The first-order valence-corrected chi connectivity index (χ1v) is 18.2. The average molecular weight is 735 g/mol. The van der Waals surface area contributed by atoms with Gasteiger partial charge in [-0.2, -0.15) is 0 Å². The Morgan fingerprint density at radius 3 is 2.31 bits per heavy atom. The highest BCUT2D eigenvalue weighted by atomic mass is 16.8. The molecule has 7 rings (SSSR count). The highest BCUT2D eigenvalue weighted by Gasteiger charge is 2.93. The number of ether oxygens (including phenoxy) is 3. The molecule has 7 aliphatic rings. The van der Waals surface area contributed by atoms with E-state index in [1.807, 2.05) is 0 Å². The molecule has 2 unspecified atom stereocenters. The first kappa shape index (κ1) is 37.4. The van der Waals surface area contributed by atoms with Gasteiger partial charge >= 0.3 is 11.9 Å². The van der Waals surface area contributed by atoms with Gasteiger partial charge in [-0.1, -0.05) is 19.0 Å². The molecule has 0 bridgehead atoms. The van der Waals surface area contributed by atoms with E-state index >= 15 is 0 Å². The third kappa shape index (κ3) is 4.27. The molecule has 17 nitrogen and oxygen atoms in total. The van der Waals surface area contributed by atoms with E-state index in [-0.39, 0.29) is 32.2 Å². The summed E-state index contributed by atoms with van der Waals surface area (Å²) in [4.78, 5) is 56.9. The maximum absolute atomic E-state index is 14.5. The number of rotatable bonds is 7. The molecule has 17 heteroatoms. The molecule has 1 amide bonds. The van der Waals surface area contributed by atoms with E-state index in [0.717, 1.165) is 6.92 Å². The van der Waals surface area contributed by atoms with Crippen molar-refractivity contribution in [1.82, 2.24) is 5.32 Å². The Morgan fingerprint density at radius 2 is 1.69 bits per heavy atom. The fourth-order valence-corrected chi connectivity index (χ4v) is 13.2. The number of amides is 1. The number of ketones is 1. The number of carbonyl (C=O) groups is 4. The molecule has 52 heavy (non-hydrogen) atoms. The quantitative estimate of drug-likeness (QED) is 0.0433. The van der Waals surface area contributed by atoms with Crippen molar-refractivity contribution in [1.29, 1.82) is 0 Å². The summed E-state index contributed by atoms with van der Waals surface area (Å²) in [5, 5.41) is 79.4. The van der Waals surface area contributed by atoms with Crippen LogP contribution in [0.4, 0.5) is 0 Å². The average Bonchev–Trinajstić information content (AvgIpc) is 3.69. The van der Waals surface area contributed by atoms with Gasteiger partial charge in [0.15, 0.2) is 5.60 Å². The molecule has 5 aliphatic carbocycles. The molecular weight excluding hydrogens is 684 g/mol. The molecule has 20 atom stereocenters. The lowest BCUT2D eigenvalue weighted by Gasteiger charge is -2.67. The van der Waals surface area contributed by atoms with Gasteiger partial charge in [0.1, 0.15) is 24.1 Å². The third-order valence-electron chi connectivity index (χ3n) is 15.3. The minimum absolute atomic E-state index is 0.00961. The van der Waals surface area contributed by atoms with E-state index in [2.05, 4.69) is 15.3 Å². The predicted molar refractivity (Wildman–Crippen MR) is 174 cm³/mol. The number of aliphatic hydroxyl groups excluding tert-OH is 5. The van der Waals surface area contributed by atoms with Gasteiger partial charge in [0.25, 0.3) is 0 Å². The number of esters is 2. The van der Waals surface area contributed by atoms with Gasteiger partial charge < -0.3 is 50.2 Å². The fraction of sp³-hybridized carbons (Fsp3) is 0.886. The van der Waals surface area contributed by atoms with Crippen LogP contribution < -0.4 is 5.32 Å². The molecule has 0 radical (unpaired) electrons. The van der Waals surface area contributed by atoms with Gasteiger partial charge in [0, 0.05) is 53.9 Å². The van der Waals surface area contributed by atoms with Crippen molar-refractivity contribution in [3.05, 3.63) is 10.4 Å². The van der Waals surface area contributed by atoms with Gasteiger partial charge in [-0.3, -0.25) is 14.4 Å². The van der Waals surface area contributed by atoms with Crippen LogP contribution in [0.1, 0.15) is 67.2 Å². The second kappa shape index (κ2) is 11.8. The number of aliphatic hydroxyl groups is 6. The molecule has 7 N–H and O–H groups in total. The molecule has 2 heterocycles. The zero-order valence-corrected chi connectivity index (χ0v) is 30.1. The van der Waals surface area contributed by atoms with Crippen LogP contribution in [-0.2, 0) is 33.4 Å². The number of epoxide rings is 1. The van der Waals surface area contributed by atoms with E-state index in [1.165, 1.54) is 13.8 Å². The van der Waals surface area contributed by atoms with Crippen molar-refractivity contribution in [2.45, 2.75) is 127 Å². The molecule has 0 aromatic rings. The monoisotopic (exact) mass is 734 g/mol. The van der Waals surface area contributed by atoms with Crippen LogP contribution in [0.2, 0.25) is 0 Å². The van der Waals surface area contributed by atoms with E-state index in [9.17, 15) is 49.8 Å². The molecule has 0 aromatic heterocycles. The van der Waals surface area contributed by atoms with Crippen molar-refractivity contribution in [2.24, 2.45) is 62.8 Å². The maximum atomic E-state index is 14.5. The lowest BCUT2D eigenvalue weighted by atomic mass is 9.39. The summed E-state index contributed by atoms with van der Waals surface area (Å²) >= 11 is 0. The van der Waals surface area contributed by atoms with E-state index in [0.29, 0.717) is 0 Å². The summed E-state index contributed by atoms with van der Waals surface area (Å²) in [6.07, 6.45) is -9.69. The number of nitrogens with zero attached hydrogens (tertiary/aromatic N) is 3. The van der Waals surface area contributed by atoms with Crippen molar-refractivity contribution >= 4 is 23.6 Å². The number of carbonyl (C=O) groups excluding carboxylic acids is 4. The molecule has 2 saturated heterocycles. The summed E-state index contributed by atoms with van der Waals surface area (Å²) < 4.78 is 17.8. The van der Waals surface area contributed by atoms with Crippen LogP contribution in [0.5, 0.6) is 0 Å². The Morgan fingerprint density at radius 1 is 1.02 bits per heavy atom. The van der Waals surface area contributed by atoms with Gasteiger partial charge in [-0.05, 0) is 63.3 Å². The van der Waals surface area contributed by atoms with Crippen molar-refractivity contribution in [3.63, 3.8) is 0 Å². The van der Waals surface area contributed by atoms with Crippen LogP contribution >= 0.6 is 0 Å². The zero-order chi connectivity index (χ0) is 38.2. The lowest BCUT2D eigenvalue weighted by molar-refractivity contribution is -0.286. The highest BCUT2D eigenvalue weighted by Crippen LogP contribution is 2.80. The molecule has 288 valence electrons. The van der Waals surface area contributed by atoms with Crippen molar-refractivity contribution in [2.75, 3.05) is 6.54 Å². The number of hydrogen-bond donors (Lipinski definition) is 7. The Kier molecular flexibility index (Phi) is 8.50. The minimum atomic E-state index is -2.22. The van der Waals surface area contributed by atoms with Gasteiger partial charge in [-0.25, -0.2) is 4.79 Å². The Hall–Kier alpha value is -2.89. The van der Waals surface area contributed by atoms with Crippen LogP contribution in [0.25, 0.3) is 10.4 Å². The standard InChI is InChI=1S/C35H50N4O13/c1-12-20-23(32(5)33(6,49)30(48)52-35(32)29(12)51-35)26(46)21-19-22(27(50-14(3)41)28(47)34(20,21)13(2)40)31(4)16(10-15(42)11-17(31)43)24(25(19)45)38-18(44)8-7-9-37-39-36/h12,15-17,19-29,42-43,45-47,49H,7-11H2,1-6H3,(H,38,44)/t12-,15-,16?,17-,19-,20?,21+,22+,23-,24-,25+,26+,27-,28-,29+,31+,32-,33+,34+,35-/m0/s1. The zero-order valence-electron chi connectivity index (χ0n) is 30.1. The number of nitrogens with one attached hydrogen (secondary N) is 1. The van der Waals surface area contributed by atoms with Crippen LogP contribution in [0.3, 0.4) is 0 Å². The second-order valence-electron chi connectivity index (χ2n) is 17.2. The van der Waals surface area contributed by atoms with E-state index in [1.54, 1.807) is 20.8 Å². The predicted octanol–water partition coefficient (Wildman–Crippen LogP) is -0.530. The first-order chi connectivity index (χ1) is 24.2. The van der Waals surface area contributed by atoms with E-state index in [4.69, 9.17) is 19.7 Å². The topological polar surface area (TPSA) is 281 Å². The summed E-state index contributed by atoms with van der Waals surface area (Å²) in [6.45, 7) is 8.69. The van der Waals surface area contributed by atoms with Gasteiger partial charge in [0.2, 0.25) is 11.7 Å². The molecular formula is C35H50N4O13. The molecule has 5 saturated carbocycles. The molecule has 0 aromatic carbocycles. The largest absolute Gasteiger partial charge is 0.459 e. The van der Waals surface area contributed by atoms with Crippen molar-refractivity contribution in [3.8, 4) is 0 Å². The second-order valence-corrected chi connectivity index (χ2v) is 17.2. The summed E-state index contributed by atoms with van der Waals surface area (Å²) in [7, 11) is 0. The number of Topliss-reactive ketones (excluding diaryl/α,β-unsaturated/α-hetero) is 1. The highest BCUT2D eigenvalue weighted by molar-refractivity contribution is 5.87. The minimum Gasteiger partial charge on any atom is -0.459 e. The number of azide groups is 1. The Labute approximate surface area is 300 Å². The summed E-state index contributed by atoms with van der Waals surface area (Å²) in [5.74, 6) is -11.9. The Balaban J connectivity index is 1.44. The van der Waals surface area contributed by atoms with Crippen LogP contribution in [-0.4, -0.2) is 121 Å². The smallest absolute Gasteiger partial charge is 0.341 e. The Bertz CT molecular complexity index is 1620. The van der Waals surface area contributed by atoms with Gasteiger partial charge in [0.05, 0.1) is 41.3 Å². The van der Waals surface area contributed by atoms with E-state index < -0.39 is 141 Å². The third-order valence-corrected chi connectivity index (χ3v) is 15.3. The maximum Gasteiger partial charge on any atom is 0.341 e. The molecule has 7 fully saturated rings.